The standard InChI is InChI=1S/C21H21NO5/c1-3-26-19(23)14-13-18-20(27-17-7-5-4-6-8-17)21(24)22(18)15-9-11-16(25-2)12-10-15/h4-14,18,20H,3H2,1-2H3/b14-13+/t18-,20+/m0/s1. The second-order valence-electron chi connectivity index (χ2n) is 5.86. The summed E-state index contributed by atoms with van der Waals surface area (Å²) in [6.07, 6.45) is 2.26. The minimum atomic E-state index is -0.708. The number of esters is 1. The van der Waals surface area contributed by atoms with Crippen LogP contribution in [0.3, 0.4) is 0 Å². The van der Waals surface area contributed by atoms with Gasteiger partial charge in [-0.05, 0) is 43.3 Å². The molecule has 1 amide bonds. The first-order valence-corrected chi connectivity index (χ1v) is 8.68. The highest BCUT2D eigenvalue weighted by Crippen LogP contribution is 2.33. The Bertz CT molecular complexity index is 816. The van der Waals surface area contributed by atoms with Crippen molar-refractivity contribution in [3.63, 3.8) is 0 Å². The van der Waals surface area contributed by atoms with E-state index in [1.807, 2.05) is 18.2 Å². The number of hydrogen-bond donors (Lipinski definition) is 0. The molecule has 2 aromatic rings. The Morgan fingerprint density at radius 2 is 1.78 bits per heavy atom. The maximum absolute atomic E-state index is 12.7. The zero-order valence-corrected chi connectivity index (χ0v) is 15.2. The summed E-state index contributed by atoms with van der Waals surface area (Å²) in [6.45, 7) is 2.03. The number of rotatable bonds is 7. The Labute approximate surface area is 158 Å². The number of benzene rings is 2. The van der Waals surface area contributed by atoms with Gasteiger partial charge >= 0.3 is 5.97 Å². The molecule has 1 saturated heterocycles. The quantitative estimate of drug-likeness (QED) is 0.428. The molecule has 27 heavy (non-hydrogen) atoms. The van der Waals surface area contributed by atoms with Gasteiger partial charge in [0.05, 0.1) is 13.7 Å². The molecule has 0 spiro atoms. The molecule has 2 atom stereocenters. The van der Waals surface area contributed by atoms with Gasteiger partial charge in [-0.1, -0.05) is 24.3 Å². The number of β-lactam (4-membered cyclic amide) rings is 1. The number of methoxy groups -OCH3 is 1. The second kappa shape index (κ2) is 8.40. The largest absolute Gasteiger partial charge is 0.497 e. The van der Waals surface area contributed by atoms with Gasteiger partial charge in [0.1, 0.15) is 17.5 Å². The molecule has 0 aliphatic carbocycles. The monoisotopic (exact) mass is 367 g/mol. The summed E-state index contributed by atoms with van der Waals surface area (Å²) in [5.74, 6) is 0.662. The van der Waals surface area contributed by atoms with Crippen LogP contribution in [0.4, 0.5) is 5.69 Å². The molecule has 1 heterocycles. The first-order chi connectivity index (χ1) is 13.1. The highest BCUT2D eigenvalue weighted by molar-refractivity contribution is 6.06. The van der Waals surface area contributed by atoms with Crippen molar-refractivity contribution in [3.8, 4) is 11.5 Å². The van der Waals surface area contributed by atoms with Gasteiger partial charge in [0, 0.05) is 11.8 Å². The lowest BCUT2D eigenvalue weighted by Gasteiger charge is -2.45. The summed E-state index contributed by atoms with van der Waals surface area (Å²) in [6, 6.07) is 15.8. The van der Waals surface area contributed by atoms with E-state index in [-0.39, 0.29) is 5.91 Å². The fraction of sp³-hybridized carbons (Fsp3) is 0.238. The molecular formula is C21H21NO5. The van der Waals surface area contributed by atoms with Crippen LogP contribution in [0.5, 0.6) is 11.5 Å². The summed E-state index contributed by atoms with van der Waals surface area (Å²) in [7, 11) is 1.58. The maximum atomic E-state index is 12.7. The number of anilines is 1. The van der Waals surface area contributed by atoms with Crippen LogP contribution in [0, 0.1) is 0 Å². The molecule has 6 nitrogen and oxygen atoms in total. The van der Waals surface area contributed by atoms with Crippen molar-refractivity contribution >= 4 is 17.6 Å². The van der Waals surface area contributed by atoms with Gasteiger partial charge in [0.15, 0.2) is 0 Å². The van der Waals surface area contributed by atoms with Gasteiger partial charge in [-0.15, -0.1) is 0 Å². The summed E-state index contributed by atoms with van der Waals surface area (Å²) >= 11 is 0. The normalized spacial score (nSPS) is 18.9. The molecule has 0 radical (unpaired) electrons. The van der Waals surface area contributed by atoms with Crippen LogP contribution >= 0.6 is 0 Å². The molecule has 0 aromatic heterocycles. The van der Waals surface area contributed by atoms with Crippen molar-refractivity contribution in [1.29, 1.82) is 0 Å². The fourth-order valence-electron chi connectivity index (χ4n) is 2.85. The molecule has 0 saturated carbocycles. The Morgan fingerprint density at radius 3 is 2.41 bits per heavy atom. The lowest BCUT2D eigenvalue weighted by Crippen LogP contribution is -2.66. The third-order valence-corrected chi connectivity index (χ3v) is 4.16. The van der Waals surface area contributed by atoms with Crippen LogP contribution in [0.25, 0.3) is 0 Å². The van der Waals surface area contributed by atoms with Gasteiger partial charge in [-0.3, -0.25) is 9.69 Å². The van der Waals surface area contributed by atoms with Crippen molar-refractivity contribution in [1.82, 2.24) is 0 Å². The molecule has 0 N–H and O–H groups in total. The molecule has 0 bridgehead atoms. The third-order valence-electron chi connectivity index (χ3n) is 4.16. The summed E-state index contributed by atoms with van der Waals surface area (Å²) in [5.41, 5.74) is 0.701. The van der Waals surface area contributed by atoms with E-state index in [2.05, 4.69) is 0 Å². The van der Waals surface area contributed by atoms with Crippen molar-refractivity contribution in [2.45, 2.75) is 19.1 Å². The van der Waals surface area contributed by atoms with Crippen molar-refractivity contribution in [3.05, 3.63) is 66.7 Å². The van der Waals surface area contributed by atoms with E-state index in [0.717, 1.165) is 0 Å². The van der Waals surface area contributed by atoms with E-state index in [4.69, 9.17) is 14.2 Å². The van der Waals surface area contributed by atoms with Crippen molar-refractivity contribution in [2.75, 3.05) is 18.6 Å². The smallest absolute Gasteiger partial charge is 0.330 e. The summed E-state index contributed by atoms with van der Waals surface area (Å²) < 4.78 is 15.9. The van der Waals surface area contributed by atoms with E-state index < -0.39 is 18.1 Å². The third kappa shape index (κ3) is 4.11. The number of ether oxygens (including phenoxy) is 3. The molecule has 1 aliphatic heterocycles. The highest BCUT2D eigenvalue weighted by Gasteiger charge is 2.48. The van der Waals surface area contributed by atoms with Gasteiger partial charge < -0.3 is 14.2 Å². The lowest BCUT2D eigenvalue weighted by molar-refractivity contribution is -0.137. The van der Waals surface area contributed by atoms with Crippen LogP contribution in [0.2, 0.25) is 0 Å². The minimum Gasteiger partial charge on any atom is -0.497 e. The Kier molecular flexibility index (Phi) is 5.76. The number of carbonyl (C=O) groups excluding carboxylic acids is 2. The Balaban J connectivity index is 1.82. The zero-order chi connectivity index (χ0) is 19.2. The molecule has 3 rings (SSSR count). The molecule has 6 heteroatoms. The van der Waals surface area contributed by atoms with Crippen LogP contribution in [-0.4, -0.2) is 37.7 Å². The van der Waals surface area contributed by atoms with Crippen LogP contribution < -0.4 is 14.4 Å². The van der Waals surface area contributed by atoms with E-state index in [1.165, 1.54) is 6.08 Å². The van der Waals surface area contributed by atoms with Crippen molar-refractivity contribution in [2.24, 2.45) is 0 Å². The van der Waals surface area contributed by atoms with Gasteiger partial charge in [0.2, 0.25) is 6.10 Å². The zero-order valence-electron chi connectivity index (χ0n) is 15.2. The predicted molar refractivity (Wildman–Crippen MR) is 101 cm³/mol. The summed E-state index contributed by atoms with van der Waals surface area (Å²) in [4.78, 5) is 26.0. The minimum absolute atomic E-state index is 0.178. The second-order valence-corrected chi connectivity index (χ2v) is 5.86. The average Bonchev–Trinajstić information content (AvgIpc) is 2.70. The van der Waals surface area contributed by atoms with Gasteiger partial charge in [0.25, 0.3) is 5.91 Å². The van der Waals surface area contributed by atoms with E-state index >= 15 is 0 Å². The topological polar surface area (TPSA) is 65.1 Å². The van der Waals surface area contributed by atoms with Gasteiger partial charge in [-0.2, -0.15) is 0 Å². The first kappa shape index (κ1) is 18.5. The predicted octanol–water partition coefficient (Wildman–Crippen LogP) is 2.98. The van der Waals surface area contributed by atoms with E-state index in [9.17, 15) is 9.59 Å². The maximum Gasteiger partial charge on any atom is 0.330 e. The molecule has 0 unspecified atom stereocenters. The van der Waals surface area contributed by atoms with Gasteiger partial charge in [-0.25, -0.2) is 4.79 Å². The van der Waals surface area contributed by atoms with Crippen molar-refractivity contribution < 1.29 is 23.8 Å². The average molecular weight is 367 g/mol. The number of carbonyl (C=O) groups is 2. The van der Waals surface area contributed by atoms with E-state index in [1.54, 1.807) is 61.4 Å². The molecule has 2 aromatic carbocycles. The molecule has 140 valence electrons. The molecule has 1 aliphatic rings. The number of amides is 1. The fourth-order valence-corrected chi connectivity index (χ4v) is 2.85. The molecular weight excluding hydrogens is 346 g/mol. The SMILES string of the molecule is CCOC(=O)/C=C/[C@H]1[C@@H](Oc2ccccc2)C(=O)N1c1ccc(OC)cc1. The number of para-hydroxylation sites is 1. The molecule has 1 fully saturated rings. The van der Waals surface area contributed by atoms with Crippen LogP contribution in [0.1, 0.15) is 6.92 Å². The number of hydrogen-bond acceptors (Lipinski definition) is 5. The number of nitrogens with zero attached hydrogens (tertiary/aromatic N) is 1. The Hall–Kier alpha value is -3.28. The highest BCUT2D eigenvalue weighted by atomic mass is 16.5. The first-order valence-electron chi connectivity index (χ1n) is 8.68. The van der Waals surface area contributed by atoms with Crippen LogP contribution in [0.15, 0.2) is 66.7 Å². The lowest BCUT2D eigenvalue weighted by atomic mass is 9.95. The van der Waals surface area contributed by atoms with Crippen LogP contribution in [-0.2, 0) is 14.3 Å². The van der Waals surface area contributed by atoms with E-state index in [0.29, 0.717) is 23.8 Å². The summed E-state index contributed by atoms with van der Waals surface area (Å²) in [5, 5.41) is 0. The Morgan fingerprint density at radius 1 is 1.07 bits per heavy atom.